The molecule has 1 aliphatic rings. The Hall–Kier alpha value is -2.43. The lowest BCUT2D eigenvalue weighted by atomic mass is 10.1. The van der Waals surface area contributed by atoms with E-state index in [-0.39, 0.29) is 16.6 Å². The summed E-state index contributed by atoms with van der Waals surface area (Å²) >= 11 is 11.7. The maximum absolute atomic E-state index is 12.2. The van der Waals surface area contributed by atoms with Gasteiger partial charge in [-0.25, -0.2) is 9.79 Å². The van der Waals surface area contributed by atoms with E-state index < -0.39 is 11.8 Å². The van der Waals surface area contributed by atoms with E-state index in [1.807, 2.05) is 6.07 Å². The second-order valence-corrected chi connectivity index (χ2v) is 5.51. The van der Waals surface area contributed by atoms with E-state index in [2.05, 4.69) is 4.99 Å². The SMILES string of the molecule is O=C1OC(c2ccccc2)=N/C1=C/C(=O)c1ccc(Cl)c(Cl)c1. The highest BCUT2D eigenvalue weighted by Crippen LogP contribution is 2.24. The lowest BCUT2D eigenvalue weighted by Gasteiger charge is -1.99. The van der Waals surface area contributed by atoms with E-state index in [4.69, 9.17) is 27.9 Å². The molecule has 0 aliphatic carbocycles. The molecule has 114 valence electrons. The molecule has 0 saturated carbocycles. The number of cyclic esters (lactones) is 1. The first-order chi connectivity index (χ1) is 11.0. The number of rotatable bonds is 3. The molecule has 0 N–H and O–H groups in total. The van der Waals surface area contributed by atoms with Gasteiger partial charge < -0.3 is 4.74 Å². The third-order valence-electron chi connectivity index (χ3n) is 3.11. The monoisotopic (exact) mass is 345 g/mol. The fourth-order valence-corrected chi connectivity index (χ4v) is 2.27. The van der Waals surface area contributed by atoms with Gasteiger partial charge in [-0.15, -0.1) is 0 Å². The van der Waals surface area contributed by atoms with Gasteiger partial charge >= 0.3 is 5.97 Å². The summed E-state index contributed by atoms with van der Waals surface area (Å²) in [6, 6.07) is 13.4. The minimum Gasteiger partial charge on any atom is -0.402 e. The van der Waals surface area contributed by atoms with Crippen molar-refractivity contribution >= 4 is 40.9 Å². The Balaban J connectivity index is 1.89. The number of ether oxygens (including phenoxy) is 1. The number of hydrogen-bond acceptors (Lipinski definition) is 4. The summed E-state index contributed by atoms with van der Waals surface area (Å²) in [6.07, 6.45) is 1.12. The normalized spacial score (nSPS) is 15.5. The second-order valence-electron chi connectivity index (χ2n) is 4.70. The van der Waals surface area contributed by atoms with Gasteiger partial charge in [0.1, 0.15) is 0 Å². The van der Waals surface area contributed by atoms with E-state index in [1.54, 1.807) is 24.3 Å². The molecule has 1 aliphatic heterocycles. The molecule has 0 radical (unpaired) electrons. The number of allylic oxidation sites excluding steroid dienone is 1. The number of benzene rings is 2. The number of nitrogens with zero attached hydrogens (tertiary/aromatic N) is 1. The van der Waals surface area contributed by atoms with Crippen molar-refractivity contribution in [2.45, 2.75) is 0 Å². The maximum atomic E-state index is 12.2. The molecule has 0 aromatic heterocycles. The van der Waals surface area contributed by atoms with Crippen LogP contribution in [0.3, 0.4) is 0 Å². The zero-order valence-corrected chi connectivity index (χ0v) is 13.1. The molecule has 4 nitrogen and oxygen atoms in total. The van der Waals surface area contributed by atoms with Gasteiger partial charge in [-0.1, -0.05) is 41.4 Å². The highest BCUT2D eigenvalue weighted by molar-refractivity contribution is 6.42. The van der Waals surface area contributed by atoms with Crippen LogP contribution in [0.1, 0.15) is 15.9 Å². The highest BCUT2D eigenvalue weighted by Gasteiger charge is 2.25. The van der Waals surface area contributed by atoms with Gasteiger partial charge in [-0.05, 0) is 30.3 Å². The minimum absolute atomic E-state index is 0.0556. The van der Waals surface area contributed by atoms with Crippen LogP contribution in [-0.4, -0.2) is 17.7 Å². The molecule has 0 bridgehead atoms. The van der Waals surface area contributed by atoms with Gasteiger partial charge in [0.15, 0.2) is 11.5 Å². The molecular weight excluding hydrogens is 337 g/mol. The topological polar surface area (TPSA) is 55.7 Å². The lowest BCUT2D eigenvalue weighted by molar-refractivity contribution is -0.130. The smallest absolute Gasteiger partial charge is 0.363 e. The van der Waals surface area contributed by atoms with E-state index >= 15 is 0 Å². The summed E-state index contributed by atoms with van der Waals surface area (Å²) in [5.41, 5.74) is 0.911. The van der Waals surface area contributed by atoms with Gasteiger partial charge in [-0.3, -0.25) is 4.79 Å². The Kier molecular flexibility index (Phi) is 4.28. The van der Waals surface area contributed by atoms with Gasteiger partial charge in [0, 0.05) is 17.2 Å². The minimum atomic E-state index is -0.669. The van der Waals surface area contributed by atoms with Gasteiger partial charge in [0.2, 0.25) is 5.90 Å². The molecule has 2 aromatic rings. The molecule has 0 saturated heterocycles. The largest absolute Gasteiger partial charge is 0.402 e. The van der Waals surface area contributed by atoms with Crippen molar-refractivity contribution in [3.63, 3.8) is 0 Å². The number of carbonyl (C=O) groups excluding carboxylic acids is 2. The van der Waals surface area contributed by atoms with Gasteiger partial charge in [0.05, 0.1) is 10.0 Å². The molecule has 0 unspecified atom stereocenters. The Morgan fingerprint density at radius 2 is 1.78 bits per heavy atom. The van der Waals surface area contributed by atoms with Crippen molar-refractivity contribution in [1.29, 1.82) is 0 Å². The van der Waals surface area contributed by atoms with Crippen LogP contribution in [0.4, 0.5) is 0 Å². The summed E-state index contributed by atoms with van der Waals surface area (Å²) in [5, 5.41) is 0.610. The second kappa shape index (κ2) is 6.36. The van der Waals surface area contributed by atoms with Gasteiger partial charge in [-0.2, -0.15) is 0 Å². The fourth-order valence-electron chi connectivity index (χ4n) is 1.97. The molecule has 0 atom stereocenters. The van der Waals surface area contributed by atoms with Crippen molar-refractivity contribution in [2.75, 3.05) is 0 Å². The molecule has 0 spiro atoms. The zero-order valence-electron chi connectivity index (χ0n) is 11.6. The molecule has 0 amide bonds. The Bertz CT molecular complexity index is 857. The molecule has 6 heteroatoms. The van der Waals surface area contributed by atoms with Crippen LogP contribution in [0.5, 0.6) is 0 Å². The molecule has 0 fully saturated rings. The molecular formula is C17H9Cl2NO3. The van der Waals surface area contributed by atoms with Crippen LogP contribution < -0.4 is 0 Å². The van der Waals surface area contributed by atoms with Crippen LogP contribution in [0, 0.1) is 0 Å². The summed E-state index contributed by atoms with van der Waals surface area (Å²) in [7, 11) is 0. The van der Waals surface area contributed by atoms with Gasteiger partial charge in [0.25, 0.3) is 0 Å². The molecule has 1 heterocycles. The number of halogens is 2. The standard InChI is InChI=1S/C17H9Cl2NO3/c18-12-7-6-11(8-13(12)19)15(21)9-14-17(22)23-16(20-14)10-4-2-1-3-5-10/h1-9H/b14-9+. The number of carbonyl (C=O) groups is 2. The van der Waals surface area contributed by atoms with Crippen LogP contribution in [0.25, 0.3) is 0 Å². The van der Waals surface area contributed by atoms with Crippen molar-refractivity contribution in [1.82, 2.24) is 0 Å². The van der Waals surface area contributed by atoms with Crippen LogP contribution >= 0.6 is 23.2 Å². The number of esters is 1. The van der Waals surface area contributed by atoms with Crippen LogP contribution in [0.2, 0.25) is 10.0 Å². The maximum Gasteiger partial charge on any atom is 0.363 e. The predicted molar refractivity (Wildman–Crippen MR) is 87.9 cm³/mol. The first kappa shape index (κ1) is 15.5. The van der Waals surface area contributed by atoms with E-state index in [9.17, 15) is 9.59 Å². The van der Waals surface area contributed by atoms with Crippen LogP contribution in [0.15, 0.2) is 65.3 Å². The Labute approximate surface area is 142 Å². The van der Waals surface area contributed by atoms with Crippen LogP contribution in [-0.2, 0) is 9.53 Å². The summed E-state index contributed by atoms with van der Waals surface area (Å²) in [6.45, 7) is 0. The average molecular weight is 346 g/mol. The Morgan fingerprint density at radius 1 is 1.04 bits per heavy atom. The highest BCUT2D eigenvalue weighted by atomic mass is 35.5. The zero-order chi connectivity index (χ0) is 16.4. The molecule has 3 rings (SSSR count). The van der Waals surface area contributed by atoms with E-state index in [0.29, 0.717) is 16.1 Å². The van der Waals surface area contributed by atoms with Crippen molar-refractivity contribution in [2.24, 2.45) is 4.99 Å². The Morgan fingerprint density at radius 3 is 2.48 bits per heavy atom. The number of ketones is 1. The average Bonchev–Trinajstić information content (AvgIpc) is 2.92. The predicted octanol–water partition coefficient (Wildman–Crippen LogP) is 4.06. The summed E-state index contributed by atoms with van der Waals surface area (Å²) < 4.78 is 5.08. The van der Waals surface area contributed by atoms with Crippen molar-refractivity contribution in [3.8, 4) is 0 Å². The first-order valence-electron chi connectivity index (χ1n) is 6.62. The van der Waals surface area contributed by atoms with E-state index in [1.165, 1.54) is 18.2 Å². The molecule has 23 heavy (non-hydrogen) atoms. The molecule has 2 aromatic carbocycles. The van der Waals surface area contributed by atoms with E-state index in [0.717, 1.165) is 6.08 Å². The quantitative estimate of drug-likeness (QED) is 0.478. The number of hydrogen-bond donors (Lipinski definition) is 0. The lowest BCUT2D eigenvalue weighted by Crippen LogP contribution is -2.06. The summed E-state index contributed by atoms with van der Waals surface area (Å²) in [5.74, 6) is -0.908. The summed E-state index contributed by atoms with van der Waals surface area (Å²) in [4.78, 5) is 28.1. The third kappa shape index (κ3) is 3.33. The number of aliphatic imine (C=N–C) groups is 1. The fraction of sp³-hybridized carbons (Fsp3) is 0. The third-order valence-corrected chi connectivity index (χ3v) is 3.85. The van der Waals surface area contributed by atoms with Crippen molar-refractivity contribution < 1.29 is 14.3 Å². The first-order valence-corrected chi connectivity index (χ1v) is 7.37. The van der Waals surface area contributed by atoms with Crippen molar-refractivity contribution in [3.05, 3.63) is 81.5 Å².